The molecule has 4 heteroatoms. The Morgan fingerprint density at radius 2 is 1.14 bits per heavy atom. The Morgan fingerprint density at radius 1 is 1.14 bits per heavy atom. The molecule has 0 fully saturated rings. The van der Waals surface area contributed by atoms with Crippen molar-refractivity contribution < 1.29 is 16.5 Å². The predicted octanol–water partition coefficient (Wildman–Crippen LogP) is 2.73. The van der Waals surface area contributed by atoms with Crippen molar-refractivity contribution in [1.82, 2.24) is 0 Å². The first-order chi connectivity index (χ1) is 3.15. The van der Waals surface area contributed by atoms with Gasteiger partial charge < -0.3 is 0 Å². The molecule has 0 amide bonds. The maximum atomic E-state index is 4.88. The van der Waals surface area contributed by atoms with E-state index in [0.717, 1.165) is 0 Å². The van der Waals surface area contributed by atoms with E-state index in [2.05, 4.69) is 20.0 Å². The average Bonchev–Trinajstić information content (AvgIpc) is 1.33. The molecule has 7 heavy (non-hydrogen) atoms. The Morgan fingerprint density at radius 3 is 1.14 bits per heavy atom. The standard InChI is InChI=1S/C3H9P.2ClH.Pt/c1-4(2)3;;;/h1-3H3;2*1H;/q;;;+2/p-2. The summed E-state index contributed by atoms with van der Waals surface area (Å²) >= 11 is -0.472. The number of rotatable bonds is 0. The number of hydrogen-bond acceptors (Lipinski definition) is 0. The quantitative estimate of drug-likeness (QED) is 0.594. The third-order valence-corrected chi connectivity index (χ3v) is 0. The molecular weight excluding hydrogens is 333 g/mol. The van der Waals surface area contributed by atoms with E-state index in [9.17, 15) is 0 Å². The van der Waals surface area contributed by atoms with Crippen LogP contribution in [-0.2, 0) is 16.5 Å². The zero-order valence-corrected chi connectivity index (χ0v) is 9.20. The Balaban J connectivity index is 0. The van der Waals surface area contributed by atoms with Gasteiger partial charge in [-0.1, -0.05) is 0 Å². The van der Waals surface area contributed by atoms with Crippen LogP contribution in [-0.4, -0.2) is 20.0 Å². The van der Waals surface area contributed by atoms with Crippen LogP contribution >= 0.6 is 26.8 Å². The summed E-state index contributed by atoms with van der Waals surface area (Å²) in [6, 6.07) is 0. The normalized spacial score (nSPS) is 8.29. The zero-order chi connectivity index (χ0) is 6.28. The van der Waals surface area contributed by atoms with Crippen LogP contribution < -0.4 is 0 Å². The summed E-state index contributed by atoms with van der Waals surface area (Å²) in [5, 5.41) is 0. The van der Waals surface area contributed by atoms with Gasteiger partial charge in [-0.25, -0.2) is 0 Å². The minimum absolute atomic E-state index is 0.380. The molecule has 0 saturated carbocycles. The summed E-state index contributed by atoms with van der Waals surface area (Å²) in [4.78, 5) is 0. The Bertz CT molecular complexity index is 24.1. The van der Waals surface area contributed by atoms with Crippen LogP contribution in [0.25, 0.3) is 0 Å². The Kier molecular flexibility index (Phi) is 17.5. The van der Waals surface area contributed by atoms with Gasteiger partial charge in [0.1, 0.15) is 0 Å². The monoisotopic (exact) mass is 341 g/mol. The molecule has 0 radical (unpaired) electrons. The van der Waals surface area contributed by atoms with Crippen molar-refractivity contribution in [2.45, 2.75) is 0 Å². The van der Waals surface area contributed by atoms with Crippen molar-refractivity contribution >= 4 is 26.8 Å². The molecule has 0 aromatic rings. The van der Waals surface area contributed by atoms with Crippen molar-refractivity contribution in [2.24, 2.45) is 0 Å². The van der Waals surface area contributed by atoms with Crippen molar-refractivity contribution in [3.8, 4) is 0 Å². The van der Waals surface area contributed by atoms with Gasteiger partial charge in [-0.05, 0) is 20.0 Å². The fourth-order valence-electron chi connectivity index (χ4n) is 0. The van der Waals surface area contributed by atoms with E-state index in [1.807, 2.05) is 0 Å². The molecule has 0 unspecified atom stereocenters. The minimum atomic E-state index is -0.472. The SMILES string of the molecule is CP(C)C.[Cl][Pt][Cl]. The van der Waals surface area contributed by atoms with Gasteiger partial charge in [0, 0.05) is 0 Å². The van der Waals surface area contributed by atoms with Crippen LogP contribution in [0, 0.1) is 0 Å². The van der Waals surface area contributed by atoms with Crippen LogP contribution in [0.2, 0.25) is 0 Å². The molecule has 0 nitrogen and oxygen atoms in total. The summed E-state index contributed by atoms with van der Waals surface area (Å²) in [5.74, 6) is 0. The fourth-order valence-corrected chi connectivity index (χ4v) is 0. The van der Waals surface area contributed by atoms with E-state index < -0.39 is 16.5 Å². The summed E-state index contributed by atoms with van der Waals surface area (Å²) < 4.78 is 0. The Hall–Kier alpha value is 1.70. The third-order valence-electron chi connectivity index (χ3n) is 0. The summed E-state index contributed by atoms with van der Waals surface area (Å²) in [7, 11) is 10.1. The average molecular weight is 342 g/mol. The van der Waals surface area contributed by atoms with Crippen molar-refractivity contribution in [3.05, 3.63) is 0 Å². The molecule has 0 aromatic carbocycles. The van der Waals surface area contributed by atoms with Crippen molar-refractivity contribution in [3.63, 3.8) is 0 Å². The van der Waals surface area contributed by atoms with Gasteiger partial charge in [-0.15, -0.1) is 7.92 Å². The summed E-state index contributed by atoms with van der Waals surface area (Å²) in [6.45, 7) is 6.69. The molecule has 0 spiro atoms. The van der Waals surface area contributed by atoms with Gasteiger partial charge in [0.25, 0.3) is 0 Å². The van der Waals surface area contributed by atoms with Crippen molar-refractivity contribution in [1.29, 1.82) is 0 Å². The van der Waals surface area contributed by atoms with Gasteiger partial charge in [0.15, 0.2) is 0 Å². The molecule has 0 aromatic heterocycles. The van der Waals surface area contributed by atoms with Gasteiger partial charge >= 0.3 is 35.3 Å². The van der Waals surface area contributed by atoms with Gasteiger partial charge in [0.2, 0.25) is 0 Å². The predicted molar refractivity (Wildman–Crippen MR) is 36.4 cm³/mol. The summed E-state index contributed by atoms with van der Waals surface area (Å²) in [5.41, 5.74) is 0. The number of halogens is 2. The van der Waals surface area contributed by atoms with Crippen LogP contribution in [0.5, 0.6) is 0 Å². The van der Waals surface area contributed by atoms with E-state index in [0.29, 0.717) is 7.92 Å². The van der Waals surface area contributed by atoms with Gasteiger partial charge in [-0.3, -0.25) is 0 Å². The Labute approximate surface area is 63.1 Å². The van der Waals surface area contributed by atoms with E-state index in [-0.39, 0.29) is 0 Å². The molecule has 0 heterocycles. The molecule has 0 bridgehead atoms. The van der Waals surface area contributed by atoms with Gasteiger partial charge in [0.05, 0.1) is 0 Å². The summed E-state index contributed by atoms with van der Waals surface area (Å²) in [6.07, 6.45) is 0. The molecule has 50 valence electrons. The van der Waals surface area contributed by atoms with E-state index in [1.165, 1.54) is 0 Å². The zero-order valence-electron chi connectivity index (χ0n) is 4.52. The maximum absolute atomic E-state index is 4.88. The third kappa shape index (κ3) is 86.7. The van der Waals surface area contributed by atoms with Crippen LogP contribution in [0.3, 0.4) is 0 Å². The molecule has 0 rings (SSSR count). The first-order valence-corrected chi connectivity index (χ1v) is 9.89. The van der Waals surface area contributed by atoms with E-state index >= 15 is 0 Å². The number of hydrogen-bond donors (Lipinski definition) is 0. The van der Waals surface area contributed by atoms with E-state index in [1.54, 1.807) is 0 Å². The fraction of sp³-hybridized carbons (Fsp3) is 1.00. The molecule has 0 aliphatic heterocycles. The molecule has 0 aliphatic rings. The second kappa shape index (κ2) is 10.6. The van der Waals surface area contributed by atoms with Crippen LogP contribution in [0.15, 0.2) is 0 Å². The van der Waals surface area contributed by atoms with Gasteiger partial charge in [-0.2, -0.15) is 0 Å². The second-order valence-electron chi connectivity index (χ2n) is 1.39. The van der Waals surface area contributed by atoms with Crippen LogP contribution in [0.1, 0.15) is 0 Å². The molecule has 0 aliphatic carbocycles. The molecule has 0 N–H and O–H groups in total. The topological polar surface area (TPSA) is 0 Å². The van der Waals surface area contributed by atoms with Crippen molar-refractivity contribution in [2.75, 3.05) is 20.0 Å². The second-order valence-corrected chi connectivity index (χ2v) is 7.35. The van der Waals surface area contributed by atoms with Crippen LogP contribution in [0.4, 0.5) is 0 Å². The van der Waals surface area contributed by atoms with E-state index in [4.69, 9.17) is 18.8 Å². The molecule has 0 atom stereocenters. The first-order valence-electron chi connectivity index (χ1n) is 1.58. The first kappa shape index (κ1) is 11.5. The molecular formula is C3H9Cl2PPt. The molecule has 0 saturated heterocycles.